The Hall–Kier alpha value is -3.70. The average Bonchev–Trinajstić information content (AvgIpc) is 3.48. The van der Waals surface area contributed by atoms with Crippen LogP contribution < -0.4 is 14.5 Å². The highest BCUT2D eigenvalue weighted by Crippen LogP contribution is 2.37. The van der Waals surface area contributed by atoms with E-state index in [1.807, 2.05) is 0 Å². The topological polar surface area (TPSA) is 85.9 Å². The van der Waals surface area contributed by atoms with Crippen LogP contribution in [0.25, 0.3) is 0 Å². The molecule has 1 saturated heterocycles. The van der Waals surface area contributed by atoms with Crippen LogP contribution >= 0.6 is 0 Å². The lowest BCUT2D eigenvalue weighted by atomic mass is 10.2. The van der Waals surface area contributed by atoms with Gasteiger partial charge in [-0.1, -0.05) is 0 Å². The first kappa shape index (κ1) is 19.3. The zero-order chi connectivity index (χ0) is 21.7. The van der Waals surface area contributed by atoms with Gasteiger partial charge in [-0.2, -0.15) is 5.10 Å². The van der Waals surface area contributed by atoms with Gasteiger partial charge in [0.15, 0.2) is 23.6 Å². The van der Waals surface area contributed by atoms with E-state index in [9.17, 15) is 18.0 Å². The minimum atomic E-state index is -1.38. The quantitative estimate of drug-likeness (QED) is 0.570. The van der Waals surface area contributed by atoms with Gasteiger partial charge >= 0.3 is 6.09 Å². The lowest BCUT2D eigenvalue weighted by Crippen LogP contribution is -2.28. The second-order valence-electron chi connectivity index (χ2n) is 7.25. The summed E-state index contributed by atoms with van der Waals surface area (Å²) < 4.78 is 61.3. The summed E-state index contributed by atoms with van der Waals surface area (Å²) in [5, 5.41) is 7.78. The molecule has 9 nitrogen and oxygen atoms in total. The van der Waals surface area contributed by atoms with Crippen LogP contribution in [0.2, 0.25) is 0 Å². The number of hydrogen-bond donors (Lipinski definition) is 0. The molecule has 1 aromatic carbocycles. The number of aromatic nitrogens is 3. The molecule has 12 heteroatoms. The molecule has 0 radical (unpaired) electrons. The van der Waals surface area contributed by atoms with E-state index >= 15 is 0 Å². The highest BCUT2D eigenvalue weighted by molar-refractivity contribution is 5.90. The van der Waals surface area contributed by atoms with Gasteiger partial charge in [-0.25, -0.2) is 18.0 Å². The number of ether oxygens (including phenoxy) is 2. The number of benzene rings is 1. The number of carbonyl (C=O) groups excluding carboxylic acids is 1. The van der Waals surface area contributed by atoms with E-state index in [2.05, 4.69) is 14.8 Å². The maximum Gasteiger partial charge on any atom is 0.414 e. The number of hydrogen-bond acceptors (Lipinski definition) is 7. The molecule has 3 aromatic rings. The maximum absolute atomic E-state index is 14.9. The van der Waals surface area contributed by atoms with Crippen LogP contribution in [0.3, 0.4) is 0 Å². The van der Waals surface area contributed by atoms with Crippen molar-refractivity contribution >= 4 is 17.5 Å². The largest absolute Gasteiger partial charge is 0.471 e. The summed E-state index contributed by atoms with van der Waals surface area (Å²) in [7, 11) is 1.75. The van der Waals surface area contributed by atoms with Gasteiger partial charge in [-0.3, -0.25) is 9.58 Å². The molecule has 0 saturated carbocycles. The van der Waals surface area contributed by atoms with E-state index in [1.165, 1.54) is 17.2 Å². The fourth-order valence-corrected chi connectivity index (χ4v) is 3.77. The van der Waals surface area contributed by atoms with Crippen molar-refractivity contribution in [2.75, 3.05) is 23.0 Å². The second-order valence-corrected chi connectivity index (χ2v) is 7.25. The fraction of sp³-hybridized carbons (Fsp3) is 0.316. The zero-order valence-corrected chi connectivity index (χ0v) is 16.2. The first-order chi connectivity index (χ1) is 14.9. The number of anilines is 2. The summed E-state index contributed by atoms with van der Waals surface area (Å²) in [4.78, 5) is 14.4. The first-order valence-electron chi connectivity index (χ1n) is 9.36. The van der Waals surface area contributed by atoms with Crippen LogP contribution in [0.4, 0.5) is 29.3 Å². The summed E-state index contributed by atoms with van der Waals surface area (Å²) in [6.07, 6.45) is 1.34. The number of cyclic esters (lactones) is 1. The van der Waals surface area contributed by atoms with Gasteiger partial charge in [0, 0.05) is 37.5 Å². The molecule has 0 bridgehead atoms. The predicted octanol–water partition coefficient (Wildman–Crippen LogP) is 2.75. The molecule has 2 aliphatic rings. The minimum Gasteiger partial charge on any atom is -0.471 e. The summed E-state index contributed by atoms with van der Waals surface area (Å²) in [5.74, 6) is -3.52. The van der Waals surface area contributed by atoms with E-state index in [1.54, 1.807) is 17.9 Å². The molecule has 2 aliphatic heterocycles. The molecule has 4 heterocycles. The van der Waals surface area contributed by atoms with Crippen molar-refractivity contribution in [2.24, 2.45) is 7.05 Å². The highest BCUT2D eigenvalue weighted by atomic mass is 19.2. The van der Waals surface area contributed by atoms with E-state index in [0.29, 0.717) is 5.69 Å². The van der Waals surface area contributed by atoms with Crippen molar-refractivity contribution in [3.8, 4) is 5.88 Å². The number of rotatable bonds is 5. The van der Waals surface area contributed by atoms with Gasteiger partial charge in [-0.15, -0.1) is 0 Å². The molecule has 0 N–H and O–H groups in total. The molecule has 31 heavy (non-hydrogen) atoms. The van der Waals surface area contributed by atoms with E-state index < -0.39 is 41.0 Å². The molecule has 5 rings (SSSR count). The zero-order valence-electron chi connectivity index (χ0n) is 16.2. The molecule has 1 unspecified atom stereocenters. The Morgan fingerprint density at radius 3 is 2.84 bits per heavy atom. The monoisotopic (exact) mass is 435 g/mol. The van der Waals surface area contributed by atoms with Gasteiger partial charge in [0.05, 0.1) is 24.5 Å². The smallest absolute Gasteiger partial charge is 0.414 e. The van der Waals surface area contributed by atoms with Crippen molar-refractivity contribution < 1.29 is 32.0 Å². The molecule has 0 aliphatic carbocycles. The van der Waals surface area contributed by atoms with Crippen molar-refractivity contribution in [1.29, 1.82) is 0 Å². The third kappa shape index (κ3) is 3.33. The SMILES string of the molecule is Cn1cc2c(n1)CN(c1c(F)cc(N3CC(COc4ccon4)OC3=O)c(F)c1F)C2. The Morgan fingerprint density at radius 2 is 2.10 bits per heavy atom. The van der Waals surface area contributed by atoms with Gasteiger partial charge in [-0.05, 0) is 5.16 Å². The van der Waals surface area contributed by atoms with Gasteiger partial charge in [0.25, 0.3) is 5.88 Å². The average molecular weight is 435 g/mol. The first-order valence-corrected chi connectivity index (χ1v) is 9.36. The van der Waals surface area contributed by atoms with Gasteiger partial charge in [0.1, 0.15) is 18.6 Å². The van der Waals surface area contributed by atoms with E-state index in [-0.39, 0.29) is 32.1 Å². The molecule has 1 amide bonds. The van der Waals surface area contributed by atoms with Gasteiger partial charge in [0.2, 0.25) is 0 Å². The van der Waals surface area contributed by atoms with E-state index in [4.69, 9.17) is 9.47 Å². The number of amides is 1. The molecule has 1 fully saturated rings. The van der Waals surface area contributed by atoms with Crippen LogP contribution in [0.5, 0.6) is 5.88 Å². The summed E-state index contributed by atoms with van der Waals surface area (Å²) in [6.45, 7) is 0.115. The van der Waals surface area contributed by atoms with Crippen molar-refractivity contribution in [3.63, 3.8) is 0 Å². The van der Waals surface area contributed by atoms with Gasteiger partial charge < -0.3 is 18.9 Å². The van der Waals surface area contributed by atoms with Crippen molar-refractivity contribution in [3.05, 3.63) is 53.3 Å². The summed E-state index contributed by atoms with van der Waals surface area (Å²) in [5.41, 5.74) is 0.441. The Kier molecular flexibility index (Phi) is 4.49. The molecule has 1 atom stereocenters. The lowest BCUT2D eigenvalue weighted by molar-refractivity contribution is 0.101. The lowest BCUT2D eigenvalue weighted by Gasteiger charge is -2.22. The molecular formula is C19H16F3N5O4. The van der Waals surface area contributed by atoms with Crippen molar-refractivity contribution in [2.45, 2.75) is 19.2 Å². The second kappa shape index (κ2) is 7.22. The molecule has 0 spiro atoms. The van der Waals surface area contributed by atoms with E-state index in [0.717, 1.165) is 16.5 Å². The standard InChI is InChI=1S/C19H16F3N5O4/c1-25-5-10-6-26(8-13(10)23-25)18-12(20)4-14(16(21)17(18)22)27-7-11(31-19(27)28)9-29-15-2-3-30-24-15/h2-5,11H,6-9H2,1H3. The molecular weight excluding hydrogens is 419 g/mol. The Bertz CT molecular complexity index is 1130. The number of aryl methyl sites for hydroxylation is 1. The minimum absolute atomic E-state index is 0.0844. The number of halogens is 3. The third-order valence-electron chi connectivity index (χ3n) is 5.12. The predicted molar refractivity (Wildman–Crippen MR) is 99.0 cm³/mol. The normalized spacial score (nSPS) is 17.9. The van der Waals surface area contributed by atoms with Crippen LogP contribution in [-0.4, -0.2) is 40.3 Å². The van der Waals surface area contributed by atoms with Crippen LogP contribution in [0.15, 0.2) is 29.1 Å². The third-order valence-corrected chi connectivity index (χ3v) is 5.12. The Balaban J connectivity index is 1.35. The Morgan fingerprint density at radius 1 is 1.26 bits per heavy atom. The highest BCUT2D eigenvalue weighted by Gasteiger charge is 2.37. The summed E-state index contributed by atoms with van der Waals surface area (Å²) in [6, 6.07) is 2.26. The van der Waals surface area contributed by atoms with Crippen LogP contribution in [0.1, 0.15) is 11.3 Å². The van der Waals surface area contributed by atoms with Crippen molar-refractivity contribution in [1.82, 2.24) is 14.9 Å². The summed E-state index contributed by atoms with van der Waals surface area (Å²) >= 11 is 0. The Labute approximate surface area is 173 Å². The number of carbonyl (C=O) groups is 1. The number of fused-ring (bicyclic) bond motifs is 1. The fourth-order valence-electron chi connectivity index (χ4n) is 3.77. The number of nitrogens with zero attached hydrogens (tertiary/aromatic N) is 5. The maximum atomic E-state index is 14.9. The molecule has 2 aromatic heterocycles. The molecule has 162 valence electrons. The van der Waals surface area contributed by atoms with Crippen LogP contribution in [-0.2, 0) is 24.9 Å². The van der Waals surface area contributed by atoms with Crippen LogP contribution in [0, 0.1) is 17.5 Å².